The van der Waals surface area contributed by atoms with Crippen LogP contribution in [-0.4, -0.2) is 32.8 Å². The van der Waals surface area contributed by atoms with E-state index < -0.39 is 11.7 Å². The zero-order valence-corrected chi connectivity index (χ0v) is 16.8. The van der Waals surface area contributed by atoms with Crippen molar-refractivity contribution >= 4 is 16.8 Å². The highest BCUT2D eigenvalue weighted by atomic mass is 19.1. The molecule has 152 valence electrons. The minimum atomic E-state index is -0.721. The number of nitrogens with two attached hydrogens (primary N) is 1. The van der Waals surface area contributed by atoms with Crippen molar-refractivity contribution in [2.75, 3.05) is 7.11 Å². The molecule has 2 N–H and O–H groups in total. The molecule has 0 spiro atoms. The summed E-state index contributed by atoms with van der Waals surface area (Å²) in [5.41, 5.74) is 9.02. The first-order valence-electron chi connectivity index (χ1n) is 9.28. The number of pyridine rings is 2. The second-order valence-electron chi connectivity index (χ2n) is 7.09. The van der Waals surface area contributed by atoms with Crippen molar-refractivity contribution < 1.29 is 13.9 Å². The quantitative estimate of drug-likeness (QED) is 0.550. The number of rotatable bonds is 5. The Labute approximate surface area is 172 Å². The van der Waals surface area contributed by atoms with Gasteiger partial charge in [0.05, 0.1) is 13.3 Å². The van der Waals surface area contributed by atoms with Gasteiger partial charge >= 0.3 is 0 Å². The van der Waals surface area contributed by atoms with Gasteiger partial charge in [-0.05, 0) is 35.7 Å². The van der Waals surface area contributed by atoms with E-state index in [1.807, 2.05) is 13.0 Å². The zero-order chi connectivity index (χ0) is 21.4. The predicted octanol–water partition coefficient (Wildman–Crippen LogP) is 3.18. The molecule has 3 heterocycles. The number of primary amides is 1. The van der Waals surface area contributed by atoms with Gasteiger partial charge in [0, 0.05) is 42.4 Å². The summed E-state index contributed by atoms with van der Waals surface area (Å²) in [6.45, 7) is 1.85. The summed E-state index contributed by atoms with van der Waals surface area (Å²) in [5.74, 6) is -0.741. The van der Waals surface area contributed by atoms with Crippen LogP contribution >= 0.6 is 0 Å². The number of ether oxygens (including phenoxy) is 1. The number of amides is 1. The van der Waals surface area contributed by atoms with Crippen molar-refractivity contribution in [2.24, 2.45) is 12.8 Å². The molecule has 1 aromatic carbocycles. The molecule has 4 aromatic rings. The Hall–Kier alpha value is -3.81. The van der Waals surface area contributed by atoms with Crippen molar-refractivity contribution in [3.63, 3.8) is 0 Å². The van der Waals surface area contributed by atoms with Gasteiger partial charge in [0.25, 0.3) is 5.91 Å². The van der Waals surface area contributed by atoms with Crippen LogP contribution in [0.15, 0.2) is 42.7 Å². The number of aryl methyl sites for hydroxylation is 2. The van der Waals surface area contributed by atoms with Gasteiger partial charge < -0.3 is 10.5 Å². The average Bonchev–Trinajstić information content (AvgIpc) is 3.15. The summed E-state index contributed by atoms with van der Waals surface area (Å²) in [5, 5.41) is 4.74. The van der Waals surface area contributed by atoms with E-state index >= 15 is 4.39 Å². The van der Waals surface area contributed by atoms with Gasteiger partial charge in [0.1, 0.15) is 11.2 Å². The number of halogens is 1. The number of benzene rings is 1. The maximum absolute atomic E-state index is 15.5. The van der Waals surface area contributed by atoms with E-state index in [0.29, 0.717) is 28.8 Å². The van der Waals surface area contributed by atoms with Gasteiger partial charge in [0.15, 0.2) is 5.82 Å². The van der Waals surface area contributed by atoms with Crippen LogP contribution in [0.4, 0.5) is 4.39 Å². The summed E-state index contributed by atoms with van der Waals surface area (Å²) in [6, 6.07) is 8.74. The lowest BCUT2D eigenvalue weighted by atomic mass is 9.98. The maximum Gasteiger partial charge on any atom is 0.267 e. The van der Waals surface area contributed by atoms with Crippen LogP contribution in [0.5, 0.6) is 5.88 Å². The molecular weight excluding hydrogens is 385 g/mol. The van der Waals surface area contributed by atoms with Crippen LogP contribution in [-0.2, 0) is 13.5 Å². The summed E-state index contributed by atoms with van der Waals surface area (Å²) >= 11 is 0. The summed E-state index contributed by atoms with van der Waals surface area (Å²) in [6.07, 6.45) is 3.76. The number of carbonyl (C=O) groups is 1. The molecule has 0 atom stereocenters. The Bertz CT molecular complexity index is 1280. The highest BCUT2D eigenvalue weighted by Crippen LogP contribution is 2.31. The molecule has 1 amide bonds. The van der Waals surface area contributed by atoms with E-state index in [0.717, 1.165) is 16.8 Å². The zero-order valence-electron chi connectivity index (χ0n) is 16.8. The molecular formula is C22H20FN5O2. The normalized spacial score (nSPS) is 11.1. The second-order valence-corrected chi connectivity index (χ2v) is 7.09. The van der Waals surface area contributed by atoms with Crippen molar-refractivity contribution in [3.05, 3.63) is 71.1 Å². The van der Waals surface area contributed by atoms with Crippen molar-refractivity contribution in [1.82, 2.24) is 19.7 Å². The fourth-order valence-electron chi connectivity index (χ4n) is 3.50. The van der Waals surface area contributed by atoms with E-state index in [1.165, 1.54) is 7.11 Å². The molecule has 7 nitrogen and oxygen atoms in total. The molecule has 0 radical (unpaired) electrons. The third-order valence-electron chi connectivity index (χ3n) is 4.86. The first kappa shape index (κ1) is 19.5. The molecule has 30 heavy (non-hydrogen) atoms. The number of carbonyl (C=O) groups excluding carboxylic acids is 1. The first-order valence-corrected chi connectivity index (χ1v) is 9.28. The molecule has 0 aliphatic carbocycles. The third kappa shape index (κ3) is 3.59. The standard InChI is InChI=1S/C22H20FN5O2/c1-12-6-13(8-19(26-12)30-3)7-14-4-5-16-17(15-10-25-28(2)11-15)9-18(22(24)29)27-21(16)20(14)23/h4-6,8-11H,7H2,1-3H3,(H2,24,29). The van der Waals surface area contributed by atoms with Gasteiger partial charge in [-0.25, -0.2) is 14.4 Å². The minimum absolute atomic E-state index is 0.00109. The molecule has 8 heteroatoms. The van der Waals surface area contributed by atoms with E-state index in [-0.39, 0.29) is 11.2 Å². The molecule has 0 saturated heterocycles. The minimum Gasteiger partial charge on any atom is -0.481 e. The number of fused-ring (bicyclic) bond motifs is 1. The fraction of sp³-hybridized carbons (Fsp3) is 0.182. The lowest BCUT2D eigenvalue weighted by molar-refractivity contribution is 0.0996. The van der Waals surface area contributed by atoms with Crippen molar-refractivity contribution in [3.8, 4) is 17.0 Å². The Kier molecular flexibility index (Phi) is 4.91. The first-order chi connectivity index (χ1) is 14.4. The topological polar surface area (TPSA) is 95.9 Å². The smallest absolute Gasteiger partial charge is 0.267 e. The van der Waals surface area contributed by atoms with Crippen LogP contribution < -0.4 is 10.5 Å². The molecule has 3 aromatic heterocycles. The fourth-order valence-corrected chi connectivity index (χ4v) is 3.50. The van der Waals surface area contributed by atoms with E-state index in [4.69, 9.17) is 10.5 Å². The molecule has 0 unspecified atom stereocenters. The Morgan fingerprint density at radius 2 is 2.03 bits per heavy atom. The van der Waals surface area contributed by atoms with Crippen LogP contribution in [0.1, 0.15) is 27.3 Å². The highest BCUT2D eigenvalue weighted by molar-refractivity contribution is 6.01. The lowest BCUT2D eigenvalue weighted by Gasteiger charge is -2.11. The molecule has 0 aliphatic rings. The predicted molar refractivity (Wildman–Crippen MR) is 111 cm³/mol. The van der Waals surface area contributed by atoms with Gasteiger partial charge in [-0.15, -0.1) is 0 Å². The molecule has 0 bridgehead atoms. The van der Waals surface area contributed by atoms with E-state index in [9.17, 15) is 4.79 Å². The number of methoxy groups -OCH3 is 1. The SMILES string of the molecule is COc1cc(Cc2ccc3c(-c4cnn(C)c4)cc(C(N)=O)nc3c2F)cc(C)n1. The third-order valence-corrected chi connectivity index (χ3v) is 4.86. The molecule has 4 rings (SSSR count). The number of aromatic nitrogens is 4. The molecule has 0 saturated carbocycles. The van der Waals surface area contributed by atoms with Crippen LogP contribution in [0.25, 0.3) is 22.0 Å². The number of nitrogens with zero attached hydrogens (tertiary/aromatic N) is 4. The summed E-state index contributed by atoms with van der Waals surface area (Å²) in [4.78, 5) is 20.3. The summed E-state index contributed by atoms with van der Waals surface area (Å²) in [7, 11) is 3.32. The Morgan fingerprint density at radius 3 is 2.70 bits per heavy atom. The lowest BCUT2D eigenvalue weighted by Crippen LogP contribution is -2.13. The Balaban J connectivity index is 1.87. The maximum atomic E-state index is 15.5. The second kappa shape index (κ2) is 7.55. The van der Waals surface area contributed by atoms with Crippen LogP contribution in [0.2, 0.25) is 0 Å². The number of hydrogen-bond donors (Lipinski definition) is 1. The van der Waals surface area contributed by atoms with Crippen molar-refractivity contribution in [1.29, 1.82) is 0 Å². The van der Waals surface area contributed by atoms with Crippen LogP contribution in [0.3, 0.4) is 0 Å². The molecule has 0 aliphatic heterocycles. The molecule has 0 fully saturated rings. The van der Waals surface area contributed by atoms with Gasteiger partial charge in [-0.1, -0.05) is 12.1 Å². The Morgan fingerprint density at radius 1 is 1.23 bits per heavy atom. The number of hydrogen-bond acceptors (Lipinski definition) is 5. The van der Waals surface area contributed by atoms with Crippen molar-refractivity contribution in [2.45, 2.75) is 13.3 Å². The monoisotopic (exact) mass is 405 g/mol. The average molecular weight is 405 g/mol. The van der Waals surface area contributed by atoms with Gasteiger partial charge in [-0.2, -0.15) is 5.10 Å². The van der Waals surface area contributed by atoms with Crippen LogP contribution in [0, 0.1) is 12.7 Å². The highest BCUT2D eigenvalue weighted by Gasteiger charge is 2.17. The van der Waals surface area contributed by atoms with Gasteiger partial charge in [0.2, 0.25) is 5.88 Å². The largest absolute Gasteiger partial charge is 0.481 e. The summed E-state index contributed by atoms with van der Waals surface area (Å²) < 4.78 is 22.3. The van der Waals surface area contributed by atoms with E-state index in [2.05, 4.69) is 15.1 Å². The van der Waals surface area contributed by atoms with Gasteiger partial charge in [-0.3, -0.25) is 9.48 Å². The van der Waals surface area contributed by atoms with E-state index in [1.54, 1.807) is 48.4 Å².